The molecule has 0 amide bonds. The van der Waals surface area contributed by atoms with Crippen LogP contribution in [0.25, 0.3) is 11.3 Å². The highest BCUT2D eigenvalue weighted by atomic mass is 16.5. The van der Waals surface area contributed by atoms with Gasteiger partial charge in [-0.15, -0.1) is 0 Å². The van der Waals surface area contributed by atoms with Crippen molar-refractivity contribution < 1.29 is 14.2 Å². The zero-order chi connectivity index (χ0) is 14.9. The van der Waals surface area contributed by atoms with Crippen molar-refractivity contribution in [3.8, 4) is 28.5 Å². The smallest absolute Gasteiger partial charge is 0.203 e. The van der Waals surface area contributed by atoms with Gasteiger partial charge < -0.3 is 19.9 Å². The summed E-state index contributed by atoms with van der Waals surface area (Å²) < 4.78 is 17.6. The van der Waals surface area contributed by atoms with Crippen LogP contribution in [0.5, 0.6) is 17.2 Å². The highest BCUT2D eigenvalue weighted by molar-refractivity contribution is 5.73. The molecule has 0 saturated heterocycles. The average molecular weight is 277 g/mol. The van der Waals surface area contributed by atoms with Gasteiger partial charge in [0.05, 0.1) is 27.0 Å². The molecule has 108 valence electrons. The molecule has 2 N–H and O–H groups in total. The van der Waals surface area contributed by atoms with Gasteiger partial charge in [0.1, 0.15) is 5.82 Å². The molecule has 0 saturated carbocycles. The second-order valence-corrected chi connectivity index (χ2v) is 4.40. The van der Waals surface area contributed by atoms with Crippen molar-refractivity contribution in [1.82, 2.24) is 9.78 Å². The van der Waals surface area contributed by atoms with Crippen LogP contribution in [0.1, 0.15) is 5.56 Å². The van der Waals surface area contributed by atoms with Gasteiger partial charge in [0, 0.05) is 18.2 Å². The van der Waals surface area contributed by atoms with E-state index >= 15 is 0 Å². The SMILES string of the molecule is COc1cc(-c2nn(C)c(N)c2C)cc(OC)c1OC. The third-order valence-electron chi connectivity index (χ3n) is 3.28. The van der Waals surface area contributed by atoms with Crippen LogP contribution in [-0.4, -0.2) is 31.1 Å². The van der Waals surface area contributed by atoms with Gasteiger partial charge in [-0.05, 0) is 19.1 Å². The summed E-state index contributed by atoms with van der Waals surface area (Å²) in [4.78, 5) is 0. The van der Waals surface area contributed by atoms with Crippen molar-refractivity contribution in [2.45, 2.75) is 6.92 Å². The van der Waals surface area contributed by atoms with E-state index in [9.17, 15) is 0 Å². The molecule has 0 bridgehead atoms. The largest absolute Gasteiger partial charge is 0.493 e. The van der Waals surface area contributed by atoms with Crippen LogP contribution in [0.3, 0.4) is 0 Å². The van der Waals surface area contributed by atoms with Crippen LogP contribution in [-0.2, 0) is 7.05 Å². The molecule has 1 aromatic carbocycles. The Morgan fingerprint density at radius 3 is 1.95 bits per heavy atom. The summed E-state index contributed by atoms with van der Waals surface area (Å²) >= 11 is 0. The van der Waals surface area contributed by atoms with Gasteiger partial charge in [0.15, 0.2) is 11.5 Å². The first-order chi connectivity index (χ1) is 9.53. The number of rotatable bonds is 4. The van der Waals surface area contributed by atoms with Crippen molar-refractivity contribution in [3.63, 3.8) is 0 Å². The molecule has 2 rings (SSSR count). The van der Waals surface area contributed by atoms with Crippen molar-refractivity contribution >= 4 is 5.82 Å². The van der Waals surface area contributed by atoms with E-state index in [2.05, 4.69) is 5.10 Å². The summed E-state index contributed by atoms with van der Waals surface area (Å²) in [6, 6.07) is 3.71. The number of methoxy groups -OCH3 is 3. The maximum atomic E-state index is 5.95. The van der Waals surface area contributed by atoms with Crippen molar-refractivity contribution in [3.05, 3.63) is 17.7 Å². The normalized spacial score (nSPS) is 10.4. The van der Waals surface area contributed by atoms with Crippen molar-refractivity contribution in [1.29, 1.82) is 0 Å². The summed E-state index contributed by atoms with van der Waals surface area (Å²) in [6.45, 7) is 1.93. The zero-order valence-electron chi connectivity index (χ0n) is 12.4. The van der Waals surface area contributed by atoms with Gasteiger partial charge in [-0.25, -0.2) is 0 Å². The number of nitrogen functional groups attached to an aromatic ring is 1. The molecule has 6 heteroatoms. The molecular weight excluding hydrogens is 258 g/mol. The molecule has 0 aliphatic carbocycles. The fraction of sp³-hybridized carbons (Fsp3) is 0.357. The molecule has 20 heavy (non-hydrogen) atoms. The van der Waals surface area contributed by atoms with Gasteiger partial charge in [-0.2, -0.15) is 5.10 Å². The third-order valence-corrected chi connectivity index (χ3v) is 3.28. The minimum absolute atomic E-state index is 0.556. The van der Waals surface area contributed by atoms with Crippen LogP contribution in [0.2, 0.25) is 0 Å². The molecule has 2 aromatic rings. The molecule has 0 unspecified atom stereocenters. The van der Waals surface area contributed by atoms with Gasteiger partial charge in [0.25, 0.3) is 0 Å². The van der Waals surface area contributed by atoms with E-state index in [0.717, 1.165) is 16.8 Å². The van der Waals surface area contributed by atoms with Crippen LogP contribution >= 0.6 is 0 Å². The lowest BCUT2D eigenvalue weighted by molar-refractivity contribution is 0.324. The molecular formula is C14H19N3O3. The number of aromatic nitrogens is 2. The number of aryl methyl sites for hydroxylation is 1. The standard InChI is InChI=1S/C14H19N3O3/c1-8-12(16-17(2)14(8)15)9-6-10(18-3)13(20-5)11(7-9)19-4/h6-7H,15H2,1-5H3. The molecule has 0 fully saturated rings. The average Bonchev–Trinajstić information content (AvgIpc) is 2.73. The first kappa shape index (κ1) is 14.0. The first-order valence-corrected chi connectivity index (χ1v) is 6.12. The van der Waals surface area contributed by atoms with Crippen LogP contribution in [0.15, 0.2) is 12.1 Å². The second kappa shape index (κ2) is 5.32. The molecule has 1 heterocycles. The summed E-state index contributed by atoms with van der Waals surface area (Å²) in [7, 11) is 6.55. The van der Waals surface area contributed by atoms with E-state index in [1.807, 2.05) is 26.1 Å². The Morgan fingerprint density at radius 1 is 1.05 bits per heavy atom. The molecule has 0 radical (unpaired) electrons. The lowest BCUT2D eigenvalue weighted by Gasteiger charge is -2.13. The number of anilines is 1. The van der Waals surface area contributed by atoms with E-state index < -0.39 is 0 Å². The highest BCUT2D eigenvalue weighted by Gasteiger charge is 2.18. The van der Waals surface area contributed by atoms with Crippen LogP contribution in [0.4, 0.5) is 5.82 Å². The maximum Gasteiger partial charge on any atom is 0.203 e. The molecule has 6 nitrogen and oxygen atoms in total. The number of nitrogens with zero attached hydrogens (tertiary/aromatic N) is 2. The number of hydrogen-bond donors (Lipinski definition) is 1. The first-order valence-electron chi connectivity index (χ1n) is 6.12. The van der Waals surface area contributed by atoms with Gasteiger partial charge in [0.2, 0.25) is 5.75 Å². The van der Waals surface area contributed by atoms with Gasteiger partial charge in [-0.3, -0.25) is 4.68 Å². The number of ether oxygens (including phenoxy) is 3. The quantitative estimate of drug-likeness (QED) is 0.925. The van der Waals surface area contributed by atoms with E-state index in [1.165, 1.54) is 0 Å². The van der Waals surface area contributed by atoms with Gasteiger partial charge >= 0.3 is 0 Å². The summed E-state index contributed by atoms with van der Waals surface area (Å²) in [5.41, 5.74) is 8.53. The second-order valence-electron chi connectivity index (χ2n) is 4.40. The van der Waals surface area contributed by atoms with E-state index in [-0.39, 0.29) is 0 Å². The topological polar surface area (TPSA) is 71.5 Å². The monoisotopic (exact) mass is 277 g/mol. The van der Waals surface area contributed by atoms with E-state index in [1.54, 1.807) is 26.0 Å². The zero-order valence-corrected chi connectivity index (χ0v) is 12.4. The molecule has 0 spiro atoms. The fourth-order valence-corrected chi connectivity index (χ4v) is 2.13. The van der Waals surface area contributed by atoms with E-state index in [4.69, 9.17) is 19.9 Å². The molecule has 0 atom stereocenters. The maximum absolute atomic E-state index is 5.95. The minimum Gasteiger partial charge on any atom is -0.493 e. The van der Waals surface area contributed by atoms with Crippen LogP contribution in [0, 0.1) is 6.92 Å². The summed E-state index contributed by atoms with van der Waals surface area (Å²) in [5.74, 6) is 2.37. The molecule has 0 aliphatic heterocycles. The lowest BCUT2D eigenvalue weighted by Crippen LogP contribution is -1.97. The van der Waals surface area contributed by atoms with Gasteiger partial charge in [-0.1, -0.05) is 0 Å². The Balaban J connectivity index is 2.65. The number of benzene rings is 1. The Labute approximate surface area is 118 Å². The molecule has 0 aliphatic rings. The number of hydrogen-bond acceptors (Lipinski definition) is 5. The summed E-state index contributed by atoms with van der Waals surface area (Å²) in [5, 5.41) is 4.43. The van der Waals surface area contributed by atoms with Crippen LogP contribution < -0.4 is 19.9 Å². The Hall–Kier alpha value is -2.37. The predicted molar refractivity (Wildman–Crippen MR) is 77.4 cm³/mol. The Morgan fingerprint density at radius 2 is 1.60 bits per heavy atom. The predicted octanol–water partition coefficient (Wildman–Crippen LogP) is 2.00. The Bertz CT molecular complexity index is 610. The number of nitrogens with two attached hydrogens (primary N) is 1. The lowest BCUT2D eigenvalue weighted by atomic mass is 10.1. The summed E-state index contributed by atoms with van der Waals surface area (Å²) in [6.07, 6.45) is 0. The minimum atomic E-state index is 0.556. The Kier molecular flexibility index (Phi) is 3.74. The van der Waals surface area contributed by atoms with E-state index in [0.29, 0.717) is 23.1 Å². The van der Waals surface area contributed by atoms with Crippen molar-refractivity contribution in [2.75, 3.05) is 27.1 Å². The molecule has 1 aromatic heterocycles. The van der Waals surface area contributed by atoms with Crippen molar-refractivity contribution in [2.24, 2.45) is 7.05 Å². The third kappa shape index (κ3) is 2.13. The highest BCUT2D eigenvalue weighted by Crippen LogP contribution is 2.41. The fourth-order valence-electron chi connectivity index (χ4n) is 2.13.